The van der Waals surface area contributed by atoms with E-state index in [2.05, 4.69) is 5.32 Å². The standard InChI is InChI=1S/C12H19N3O3S/c1-9(16)14-3-5-15(6-4-14)12(18)10-8-19-7-2-11(17)13-10/h10H,2-8H2,1H3,(H,13,17)/t10-/m0/s1. The molecule has 2 heterocycles. The molecule has 0 aromatic rings. The molecule has 2 aliphatic rings. The SMILES string of the molecule is CC(=O)N1CCN(C(=O)[C@@H]2CSCCC(=O)N2)CC1. The fourth-order valence-corrected chi connectivity index (χ4v) is 3.23. The molecule has 2 fully saturated rings. The van der Waals surface area contributed by atoms with Crippen LogP contribution in [-0.2, 0) is 14.4 Å². The molecule has 106 valence electrons. The highest BCUT2D eigenvalue weighted by Crippen LogP contribution is 2.13. The van der Waals surface area contributed by atoms with Crippen molar-refractivity contribution >= 4 is 29.5 Å². The maximum atomic E-state index is 12.3. The summed E-state index contributed by atoms with van der Waals surface area (Å²) < 4.78 is 0. The zero-order valence-corrected chi connectivity index (χ0v) is 11.9. The molecule has 0 aliphatic carbocycles. The average Bonchev–Trinajstić information content (AvgIpc) is 2.62. The van der Waals surface area contributed by atoms with Crippen molar-refractivity contribution in [1.29, 1.82) is 0 Å². The monoisotopic (exact) mass is 285 g/mol. The maximum Gasteiger partial charge on any atom is 0.246 e. The summed E-state index contributed by atoms with van der Waals surface area (Å²) >= 11 is 1.63. The minimum atomic E-state index is -0.413. The first kappa shape index (κ1) is 14.2. The Balaban J connectivity index is 1.89. The fourth-order valence-electron chi connectivity index (χ4n) is 2.27. The van der Waals surface area contributed by atoms with Gasteiger partial charge in [0.15, 0.2) is 0 Å². The van der Waals surface area contributed by atoms with Crippen LogP contribution in [0.25, 0.3) is 0 Å². The Morgan fingerprint density at radius 1 is 1.21 bits per heavy atom. The summed E-state index contributed by atoms with van der Waals surface area (Å²) in [6.07, 6.45) is 0.479. The van der Waals surface area contributed by atoms with Crippen molar-refractivity contribution in [2.45, 2.75) is 19.4 Å². The summed E-state index contributed by atoms with van der Waals surface area (Å²) in [6, 6.07) is -0.413. The Hall–Kier alpha value is -1.24. The highest BCUT2D eigenvalue weighted by atomic mass is 32.2. The van der Waals surface area contributed by atoms with Crippen LogP contribution in [0.15, 0.2) is 0 Å². The van der Waals surface area contributed by atoms with Gasteiger partial charge in [-0.05, 0) is 0 Å². The molecule has 0 saturated carbocycles. The number of piperazine rings is 1. The van der Waals surface area contributed by atoms with E-state index < -0.39 is 6.04 Å². The molecule has 6 nitrogen and oxygen atoms in total. The van der Waals surface area contributed by atoms with Crippen molar-refractivity contribution in [3.05, 3.63) is 0 Å². The predicted molar refractivity (Wildman–Crippen MR) is 72.7 cm³/mol. The molecule has 0 unspecified atom stereocenters. The van der Waals surface area contributed by atoms with Crippen molar-refractivity contribution in [2.24, 2.45) is 0 Å². The van der Waals surface area contributed by atoms with Gasteiger partial charge in [-0.25, -0.2) is 0 Å². The normalized spacial score (nSPS) is 24.7. The predicted octanol–water partition coefficient (Wildman–Crippen LogP) is -0.701. The highest BCUT2D eigenvalue weighted by molar-refractivity contribution is 7.99. The van der Waals surface area contributed by atoms with Crippen molar-refractivity contribution in [1.82, 2.24) is 15.1 Å². The van der Waals surface area contributed by atoms with Gasteiger partial charge < -0.3 is 15.1 Å². The van der Waals surface area contributed by atoms with E-state index in [4.69, 9.17) is 0 Å². The van der Waals surface area contributed by atoms with Gasteiger partial charge in [0.1, 0.15) is 6.04 Å². The summed E-state index contributed by atoms with van der Waals surface area (Å²) in [7, 11) is 0. The number of hydrogen-bond acceptors (Lipinski definition) is 4. The molecule has 0 spiro atoms. The molecular formula is C12H19N3O3S. The number of hydrogen-bond donors (Lipinski definition) is 1. The van der Waals surface area contributed by atoms with Gasteiger partial charge in [0.05, 0.1) is 0 Å². The zero-order chi connectivity index (χ0) is 13.8. The highest BCUT2D eigenvalue weighted by Gasteiger charge is 2.30. The van der Waals surface area contributed by atoms with Gasteiger partial charge in [0.25, 0.3) is 0 Å². The molecule has 0 aromatic carbocycles. The summed E-state index contributed by atoms with van der Waals surface area (Å²) in [5, 5.41) is 2.78. The molecule has 2 saturated heterocycles. The zero-order valence-electron chi connectivity index (χ0n) is 11.1. The number of carbonyl (C=O) groups excluding carboxylic acids is 3. The van der Waals surface area contributed by atoms with Crippen molar-refractivity contribution in [2.75, 3.05) is 37.7 Å². The maximum absolute atomic E-state index is 12.3. The van der Waals surface area contributed by atoms with Crippen LogP contribution in [0.2, 0.25) is 0 Å². The first-order valence-corrected chi connectivity index (χ1v) is 7.65. The van der Waals surface area contributed by atoms with Gasteiger partial charge in [-0.15, -0.1) is 0 Å². The van der Waals surface area contributed by atoms with Gasteiger partial charge >= 0.3 is 0 Å². The number of nitrogens with zero attached hydrogens (tertiary/aromatic N) is 2. The van der Waals surface area contributed by atoms with Crippen molar-refractivity contribution in [3.8, 4) is 0 Å². The lowest BCUT2D eigenvalue weighted by Crippen LogP contribution is -2.56. The number of amides is 3. The summed E-state index contributed by atoms with van der Waals surface area (Å²) in [6.45, 7) is 3.80. The van der Waals surface area contributed by atoms with Gasteiger partial charge in [-0.2, -0.15) is 11.8 Å². The minimum absolute atomic E-state index is 0.0223. The number of thioether (sulfide) groups is 1. The van der Waals surface area contributed by atoms with Crippen LogP contribution in [0.5, 0.6) is 0 Å². The van der Waals surface area contributed by atoms with E-state index in [-0.39, 0.29) is 17.7 Å². The van der Waals surface area contributed by atoms with E-state index in [1.807, 2.05) is 0 Å². The molecule has 0 radical (unpaired) electrons. The third kappa shape index (κ3) is 3.62. The smallest absolute Gasteiger partial charge is 0.246 e. The Morgan fingerprint density at radius 3 is 2.47 bits per heavy atom. The molecule has 19 heavy (non-hydrogen) atoms. The van der Waals surface area contributed by atoms with Crippen LogP contribution in [0.3, 0.4) is 0 Å². The molecular weight excluding hydrogens is 266 g/mol. The third-order valence-corrected chi connectivity index (χ3v) is 4.49. The van der Waals surface area contributed by atoms with Crippen LogP contribution in [0.1, 0.15) is 13.3 Å². The molecule has 2 rings (SSSR count). The van der Waals surface area contributed by atoms with E-state index in [9.17, 15) is 14.4 Å². The van der Waals surface area contributed by atoms with E-state index in [1.54, 1.807) is 28.5 Å². The van der Waals surface area contributed by atoms with Gasteiger partial charge in [0.2, 0.25) is 17.7 Å². The topological polar surface area (TPSA) is 69.7 Å². The lowest BCUT2D eigenvalue weighted by atomic mass is 10.2. The summed E-state index contributed by atoms with van der Waals surface area (Å²) in [4.78, 5) is 38.5. The van der Waals surface area contributed by atoms with Crippen molar-refractivity contribution in [3.63, 3.8) is 0 Å². The van der Waals surface area contributed by atoms with Crippen LogP contribution in [0, 0.1) is 0 Å². The number of carbonyl (C=O) groups is 3. The van der Waals surface area contributed by atoms with Crippen LogP contribution in [-0.4, -0.2) is 71.2 Å². The van der Waals surface area contributed by atoms with Crippen molar-refractivity contribution < 1.29 is 14.4 Å². The van der Waals surface area contributed by atoms with Crippen LogP contribution in [0.4, 0.5) is 0 Å². The average molecular weight is 285 g/mol. The first-order valence-electron chi connectivity index (χ1n) is 6.49. The van der Waals surface area contributed by atoms with Gasteiger partial charge in [0, 0.05) is 51.0 Å². The number of nitrogens with one attached hydrogen (secondary N) is 1. The van der Waals surface area contributed by atoms with E-state index in [0.29, 0.717) is 38.4 Å². The first-order chi connectivity index (χ1) is 9.08. The molecule has 2 aliphatic heterocycles. The van der Waals surface area contributed by atoms with Gasteiger partial charge in [-0.1, -0.05) is 0 Å². The van der Waals surface area contributed by atoms with E-state index >= 15 is 0 Å². The largest absolute Gasteiger partial charge is 0.343 e. The summed E-state index contributed by atoms with van der Waals surface area (Å²) in [5.74, 6) is 1.38. The third-order valence-electron chi connectivity index (χ3n) is 3.43. The van der Waals surface area contributed by atoms with E-state index in [0.717, 1.165) is 5.75 Å². The second-order valence-electron chi connectivity index (χ2n) is 4.78. The fraction of sp³-hybridized carbons (Fsp3) is 0.750. The second-order valence-corrected chi connectivity index (χ2v) is 5.93. The van der Waals surface area contributed by atoms with E-state index in [1.165, 1.54) is 0 Å². The molecule has 1 N–H and O–H groups in total. The second kappa shape index (κ2) is 6.27. The lowest BCUT2D eigenvalue weighted by Gasteiger charge is -2.35. The quantitative estimate of drug-likeness (QED) is 0.691. The Bertz CT molecular complexity index is 380. The Labute approximate surface area is 116 Å². The molecule has 0 aromatic heterocycles. The molecule has 7 heteroatoms. The van der Waals surface area contributed by atoms with Crippen LogP contribution >= 0.6 is 11.8 Å². The van der Waals surface area contributed by atoms with Crippen LogP contribution < -0.4 is 5.32 Å². The molecule has 3 amide bonds. The minimum Gasteiger partial charge on any atom is -0.343 e. The Morgan fingerprint density at radius 2 is 1.84 bits per heavy atom. The number of rotatable bonds is 1. The molecule has 0 bridgehead atoms. The van der Waals surface area contributed by atoms with Gasteiger partial charge in [-0.3, -0.25) is 14.4 Å². The molecule has 1 atom stereocenters. The summed E-state index contributed by atoms with van der Waals surface area (Å²) in [5.41, 5.74) is 0. The lowest BCUT2D eigenvalue weighted by molar-refractivity contribution is -0.140. The Kier molecular flexibility index (Phi) is 4.68.